The van der Waals surface area contributed by atoms with Crippen LogP contribution in [0.25, 0.3) is 0 Å². The number of nitrogens with zero attached hydrogens (tertiary/aromatic N) is 2. The van der Waals surface area contributed by atoms with Gasteiger partial charge in [0.2, 0.25) is 0 Å². The zero-order valence-corrected chi connectivity index (χ0v) is 19.1. The number of hydrogen-bond acceptors (Lipinski definition) is 5. The van der Waals surface area contributed by atoms with Crippen LogP contribution in [0.3, 0.4) is 0 Å². The number of halogens is 1. The first-order valence-corrected chi connectivity index (χ1v) is 11.4. The molecule has 3 aromatic rings. The van der Waals surface area contributed by atoms with Crippen LogP contribution in [0.2, 0.25) is 5.02 Å². The number of carbonyl (C=O) groups is 1. The van der Waals surface area contributed by atoms with Gasteiger partial charge in [0.25, 0.3) is 15.9 Å². The van der Waals surface area contributed by atoms with Crippen molar-refractivity contribution < 1.29 is 17.9 Å². The second-order valence-electron chi connectivity index (χ2n) is 6.79. The molecule has 7 nitrogen and oxygen atoms in total. The number of aryl methyl sites for hydroxylation is 1. The smallest absolute Gasteiger partial charge is 0.264 e. The van der Waals surface area contributed by atoms with Crippen molar-refractivity contribution >= 4 is 39.4 Å². The summed E-state index contributed by atoms with van der Waals surface area (Å²) < 4.78 is 32.8. The fraction of sp³-hybridized carbons (Fsp3) is 0.130. The number of carbonyl (C=O) groups excluding carboxylic acids is 1. The molecule has 32 heavy (non-hydrogen) atoms. The molecule has 0 fully saturated rings. The molecule has 0 atom stereocenters. The summed E-state index contributed by atoms with van der Waals surface area (Å²) in [7, 11) is -2.49. The van der Waals surface area contributed by atoms with E-state index in [2.05, 4.69) is 10.5 Å². The van der Waals surface area contributed by atoms with Crippen LogP contribution < -0.4 is 14.5 Å². The molecule has 9 heteroatoms. The number of ether oxygens (including phenoxy) is 1. The van der Waals surface area contributed by atoms with Gasteiger partial charge >= 0.3 is 0 Å². The van der Waals surface area contributed by atoms with Gasteiger partial charge in [-0.2, -0.15) is 5.10 Å². The minimum atomic E-state index is -4.02. The van der Waals surface area contributed by atoms with Crippen LogP contribution in [0.15, 0.2) is 82.8 Å². The number of amides is 1. The van der Waals surface area contributed by atoms with E-state index in [0.717, 1.165) is 9.87 Å². The van der Waals surface area contributed by atoms with Crippen LogP contribution in [0, 0.1) is 6.92 Å². The molecule has 0 saturated carbocycles. The molecule has 0 aliphatic heterocycles. The van der Waals surface area contributed by atoms with Crippen LogP contribution in [0.5, 0.6) is 5.75 Å². The topological polar surface area (TPSA) is 88.1 Å². The molecule has 0 aromatic heterocycles. The molecule has 0 bridgehead atoms. The molecule has 166 valence electrons. The maximum atomic E-state index is 13.3. The van der Waals surface area contributed by atoms with Crippen LogP contribution in [0.1, 0.15) is 11.1 Å². The summed E-state index contributed by atoms with van der Waals surface area (Å²) in [6.07, 6.45) is 1.43. The van der Waals surface area contributed by atoms with Crippen molar-refractivity contribution in [3.05, 3.63) is 88.9 Å². The Morgan fingerprint density at radius 3 is 2.47 bits per heavy atom. The molecule has 0 aliphatic carbocycles. The van der Waals surface area contributed by atoms with Gasteiger partial charge in [-0.15, -0.1) is 0 Å². The first kappa shape index (κ1) is 23.3. The monoisotopic (exact) mass is 471 g/mol. The minimum absolute atomic E-state index is 0.0574. The van der Waals surface area contributed by atoms with Gasteiger partial charge in [-0.25, -0.2) is 13.8 Å². The first-order chi connectivity index (χ1) is 15.3. The van der Waals surface area contributed by atoms with Crippen molar-refractivity contribution in [3.8, 4) is 5.75 Å². The van der Waals surface area contributed by atoms with E-state index in [1.54, 1.807) is 55.5 Å². The summed E-state index contributed by atoms with van der Waals surface area (Å²) in [4.78, 5) is 12.7. The summed E-state index contributed by atoms with van der Waals surface area (Å²) in [6, 6.07) is 19.9. The zero-order valence-electron chi connectivity index (χ0n) is 17.5. The third-order valence-electron chi connectivity index (χ3n) is 4.59. The SMILES string of the molecule is COc1ccccc1/C=N\NC(=O)CN(c1ccc(C)c(Cl)c1)S(=O)(=O)c1ccccc1. The second kappa shape index (κ2) is 10.3. The van der Waals surface area contributed by atoms with E-state index in [1.807, 2.05) is 6.07 Å². The summed E-state index contributed by atoms with van der Waals surface area (Å²) >= 11 is 6.21. The third-order valence-corrected chi connectivity index (χ3v) is 6.79. The van der Waals surface area contributed by atoms with E-state index in [4.69, 9.17) is 16.3 Å². The van der Waals surface area contributed by atoms with Crippen molar-refractivity contribution in [2.75, 3.05) is 18.0 Å². The summed E-state index contributed by atoms with van der Waals surface area (Å²) in [6.45, 7) is 1.32. The quantitative estimate of drug-likeness (QED) is 0.397. The number of hydrogen-bond donors (Lipinski definition) is 1. The number of rotatable bonds is 8. The number of benzene rings is 3. The van der Waals surface area contributed by atoms with Crippen molar-refractivity contribution in [1.82, 2.24) is 5.43 Å². The van der Waals surface area contributed by atoms with Gasteiger partial charge in [0.1, 0.15) is 12.3 Å². The third kappa shape index (κ3) is 5.46. The van der Waals surface area contributed by atoms with Gasteiger partial charge in [0, 0.05) is 10.6 Å². The van der Waals surface area contributed by atoms with E-state index in [-0.39, 0.29) is 10.6 Å². The molecule has 0 aliphatic rings. The van der Waals surface area contributed by atoms with Crippen LogP contribution in [0.4, 0.5) is 5.69 Å². The van der Waals surface area contributed by atoms with Gasteiger partial charge in [0.15, 0.2) is 0 Å². The van der Waals surface area contributed by atoms with Crippen LogP contribution in [-0.4, -0.2) is 34.2 Å². The van der Waals surface area contributed by atoms with E-state index in [1.165, 1.54) is 31.5 Å². The van der Waals surface area contributed by atoms with E-state index in [9.17, 15) is 13.2 Å². The van der Waals surface area contributed by atoms with Crippen LogP contribution >= 0.6 is 11.6 Å². The number of para-hydroxylation sites is 1. The second-order valence-corrected chi connectivity index (χ2v) is 9.06. The number of methoxy groups -OCH3 is 1. The number of sulfonamides is 1. The highest BCUT2D eigenvalue weighted by Gasteiger charge is 2.27. The highest BCUT2D eigenvalue weighted by molar-refractivity contribution is 7.92. The lowest BCUT2D eigenvalue weighted by Crippen LogP contribution is -2.39. The normalized spacial score (nSPS) is 11.3. The van der Waals surface area contributed by atoms with Crippen LogP contribution in [-0.2, 0) is 14.8 Å². The largest absolute Gasteiger partial charge is 0.496 e. The molecule has 0 radical (unpaired) electrons. The van der Waals surface area contributed by atoms with Gasteiger partial charge < -0.3 is 4.74 Å². The Balaban J connectivity index is 1.86. The zero-order chi connectivity index (χ0) is 23.1. The average Bonchev–Trinajstić information content (AvgIpc) is 2.80. The lowest BCUT2D eigenvalue weighted by Gasteiger charge is -2.24. The number of nitrogens with one attached hydrogen (secondary N) is 1. The fourth-order valence-corrected chi connectivity index (χ4v) is 4.49. The van der Waals surface area contributed by atoms with Gasteiger partial charge in [-0.1, -0.05) is 48.0 Å². The summed E-state index contributed by atoms with van der Waals surface area (Å²) in [5, 5.41) is 4.33. The average molecular weight is 472 g/mol. The Hall–Kier alpha value is -3.36. The Morgan fingerprint density at radius 1 is 1.09 bits per heavy atom. The Bertz CT molecular complexity index is 1230. The molecule has 1 amide bonds. The Morgan fingerprint density at radius 2 is 1.78 bits per heavy atom. The fourth-order valence-electron chi connectivity index (χ4n) is 2.88. The Labute approximate surface area is 192 Å². The predicted octanol–water partition coefficient (Wildman–Crippen LogP) is 4.00. The first-order valence-electron chi connectivity index (χ1n) is 9.62. The lowest BCUT2D eigenvalue weighted by molar-refractivity contribution is -0.119. The lowest BCUT2D eigenvalue weighted by atomic mass is 10.2. The molecular formula is C23H22ClN3O4S. The molecule has 0 unspecified atom stereocenters. The van der Waals surface area contributed by atoms with E-state index >= 15 is 0 Å². The van der Waals surface area contributed by atoms with Crippen molar-refractivity contribution in [1.29, 1.82) is 0 Å². The standard InChI is InChI=1S/C23H22ClN3O4S/c1-17-12-13-19(14-21(17)24)27(32(29,30)20-9-4-3-5-10-20)16-23(28)26-25-15-18-8-6-7-11-22(18)31-2/h3-15H,16H2,1-2H3,(H,26,28)/b25-15-. The molecule has 3 rings (SSSR count). The molecule has 3 aromatic carbocycles. The van der Waals surface area contributed by atoms with Gasteiger partial charge in [-0.3, -0.25) is 9.10 Å². The Kier molecular flexibility index (Phi) is 7.50. The van der Waals surface area contributed by atoms with Crippen molar-refractivity contribution in [2.45, 2.75) is 11.8 Å². The number of hydrazone groups is 1. The number of anilines is 1. The predicted molar refractivity (Wildman–Crippen MR) is 126 cm³/mol. The van der Waals surface area contributed by atoms with E-state index < -0.39 is 22.5 Å². The molecule has 1 N–H and O–H groups in total. The molecule has 0 spiro atoms. The van der Waals surface area contributed by atoms with Gasteiger partial charge in [-0.05, 0) is 48.9 Å². The van der Waals surface area contributed by atoms with E-state index in [0.29, 0.717) is 16.3 Å². The van der Waals surface area contributed by atoms with Crippen molar-refractivity contribution in [2.24, 2.45) is 5.10 Å². The van der Waals surface area contributed by atoms with Gasteiger partial charge in [0.05, 0.1) is 23.9 Å². The van der Waals surface area contributed by atoms with Crippen molar-refractivity contribution in [3.63, 3.8) is 0 Å². The molecule has 0 saturated heterocycles. The highest BCUT2D eigenvalue weighted by atomic mass is 35.5. The maximum absolute atomic E-state index is 13.3. The highest BCUT2D eigenvalue weighted by Crippen LogP contribution is 2.27. The maximum Gasteiger partial charge on any atom is 0.264 e. The summed E-state index contributed by atoms with van der Waals surface area (Å²) in [5.74, 6) is -0.0274. The molecular weight excluding hydrogens is 450 g/mol. The summed E-state index contributed by atoms with van der Waals surface area (Å²) in [5.41, 5.74) is 4.09. The minimum Gasteiger partial charge on any atom is -0.496 e. The molecule has 0 heterocycles.